The van der Waals surface area contributed by atoms with E-state index < -0.39 is 21.8 Å². The minimum Gasteiger partial charge on any atom is -0.478 e. The van der Waals surface area contributed by atoms with Crippen LogP contribution in [-0.4, -0.2) is 40.5 Å². The Morgan fingerprint density at radius 2 is 1.77 bits per heavy atom. The molecule has 7 nitrogen and oxygen atoms in total. The number of hydrogen-bond acceptors (Lipinski definition) is 5. The maximum atomic E-state index is 13.2. The predicted molar refractivity (Wildman–Crippen MR) is 97.5 cm³/mol. The normalized spacial score (nSPS) is 12.7. The molecule has 0 saturated heterocycles. The van der Waals surface area contributed by atoms with Crippen LogP contribution in [0.1, 0.15) is 15.9 Å². The second-order valence-corrected chi connectivity index (χ2v) is 7.43. The van der Waals surface area contributed by atoms with E-state index in [4.69, 9.17) is 14.6 Å². The Morgan fingerprint density at radius 1 is 1.12 bits per heavy atom. The van der Waals surface area contributed by atoms with Crippen molar-refractivity contribution in [2.45, 2.75) is 11.5 Å². The van der Waals surface area contributed by atoms with Crippen LogP contribution in [0.15, 0.2) is 59.5 Å². The molecular weight excluding hydrogens is 358 g/mol. The second kappa shape index (κ2) is 9.02. The Morgan fingerprint density at radius 3 is 2.35 bits per heavy atom. The van der Waals surface area contributed by atoms with Gasteiger partial charge in [0.05, 0.1) is 26.8 Å². The summed E-state index contributed by atoms with van der Waals surface area (Å²) in [7, 11) is -1.72. The van der Waals surface area contributed by atoms with Crippen LogP contribution < -0.4 is 4.72 Å². The number of carbonyl (C=O) groups excluding carboxylic acids is 1. The minimum absolute atomic E-state index is 0.0263. The number of hydrogen-bond donors (Lipinski definition) is 2. The molecule has 0 aliphatic rings. The fourth-order valence-electron chi connectivity index (χ4n) is 2.04. The molecule has 1 unspecified atom stereocenters. The number of carboxylic acid groups (broad SMARTS) is 1. The van der Waals surface area contributed by atoms with Gasteiger partial charge in [0.2, 0.25) is 0 Å². The number of methoxy groups -OCH3 is 1. The van der Waals surface area contributed by atoms with E-state index in [9.17, 15) is 13.8 Å². The molecule has 0 aliphatic heterocycles. The van der Waals surface area contributed by atoms with E-state index in [0.29, 0.717) is 0 Å². The number of carboxylic acids is 1. The largest absolute Gasteiger partial charge is 0.478 e. The Labute approximate surface area is 151 Å². The zero-order valence-electron chi connectivity index (χ0n) is 14.1. The number of rotatable bonds is 7. The first-order chi connectivity index (χ1) is 12.4. The van der Waals surface area contributed by atoms with Gasteiger partial charge in [-0.3, -0.25) is 0 Å². The topological polar surface area (TPSA) is 102 Å². The van der Waals surface area contributed by atoms with Gasteiger partial charge in [0.25, 0.3) is 0 Å². The second-order valence-electron chi connectivity index (χ2n) is 5.22. The lowest BCUT2D eigenvalue weighted by Crippen LogP contribution is -2.33. The standard InChI is InChI=1S/C18H19NO6S/c1-24-11-12-26(23,16-9-7-15(8-10-16)17(20)21)19-18(22)25-13-14-5-3-2-4-6-14/h2-10,12H,11,13H2,1H3,(H,20,21)(H,19,22,23). The lowest BCUT2D eigenvalue weighted by molar-refractivity contribution is 0.0696. The third-order valence-electron chi connectivity index (χ3n) is 3.37. The van der Waals surface area contributed by atoms with Crippen LogP contribution >= 0.6 is 0 Å². The van der Waals surface area contributed by atoms with Crippen molar-refractivity contribution >= 4 is 27.1 Å². The van der Waals surface area contributed by atoms with E-state index in [2.05, 4.69) is 4.72 Å². The molecular formula is C18H19NO6S. The Hall–Kier alpha value is -2.84. The predicted octanol–water partition coefficient (Wildman–Crippen LogP) is 2.32. The summed E-state index contributed by atoms with van der Waals surface area (Å²) in [5, 5.41) is 10.3. The molecule has 0 radical (unpaired) electrons. The van der Waals surface area contributed by atoms with Gasteiger partial charge in [0.1, 0.15) is 6.61 Å². The van der Waals surface area contributed by atoms with Crippen LogP contribution in [0.25, 0.3) is 0 Å². The molecule has 1 amide bonds. The van der Waals surface area contributed by atoms with E-state index in [1.54, 1.807) is 12.1 Å². The van der Waals surface area contributed by atoms with Crippen LogP contribution in [0.3, 0.4) is 0 Å². The van der Waals surface area contributed by atoms with Crippen molar-refractivity contribution in [1.82, 2.24) is 4.72 Å². The Balaban J connectivity index is 2.16. The van der Waals surface area contributed by atoms with Crippen molar-refractivity contribution in [3.63, 3.8) is 0 Å². The van der Waals surface area contributed by atoms with E-state index in [1.165, 1.54) is 36.7 Å². The quantitative estimate of drug-likeness (QED) is 0.718. The summed E-state index contributed by atoms with van der Waals surface area (Å²) >= 11 is 0. The summed E-state index contributed by atoms with van der Waals surface area (Å²) < 4.78 is 25.5. The molecule has 8 heteroatoms. The lowest BCUT2D eigenvalue weighted by Gasteiger charge is -2.14. The maximum absolute atomic E-state index is 13.2. The van der Waals surface area contributed by atoms with Crippen molar-refractivity contribution in [3.8, 4) is 0 Å². The van der Waals surface area contributed by atoms with Gasteiger partial charge in [0.15, 0.2) is 0 Å². The molecule has 0 bridgehead atoms. The molecule has 0 spiro atoms. The summed E-state index contributed by atoms with van der Waals surface area (Å²) in [4.78, 5) is 23.3. The summed E-state index contributed by atoms with van der Waals surface area (Å²) in [5.74, 6) is -1.10. The number of carbonyl (C=O) groups is 2. The van der Waals surface area contributed by atoms with E-state index in [0.717, 1.165) is 5.56 Å². The van der Waals surface area contributed by atoms with Gasteiger partial charge in [-0.15, -0.1) is 0 Å². The number of nitrogens with one attached hydrogen (secondary N) is 1. The first kappa shape index (κ1) is 19.5. The lowest BCUT2D eigenvalue weighted by atomic mass is 10.2. The average molecular weight is 377 g/mol. The Bertz CT molecular complexity index is 870. The molecule has 1 atom stereocenters. The van der Waals surface area contributed by atoms with E-state index in [1.807, 2.05) is 18.2 Å². The number of ether oxygens (including phenoxy) is 2. The van der Waals surface area contributed by atoms with Crippen molar-refractivity contribution in [2.75, 3.05) is 13.7 Å². The third kappa shape index (κ3) is 5.33. The molecule has 0 aliphatic carbocycles. The summed E-state index contributed by atoms with van der Waals surface area (Å²) in [5.41, 5.74) is 0.842. The summed E-state index contributed by atoms with van der Waals surface area (Å²) in [6, 6.07) is 14.5. The average Bonchev–Trinajstić information content (AvgIpc) is 2.65. The van der Waals surface area contributed by atoms with Crippen molar-refractivity contribution in [3.05, 3.63) is 65.7 Å². The summed E-state index contributed by atoms with van der Waals surface area (Å²) in [6.45, 7) is 0.0584. The smallest absolute Gasteiger partial charge is 0.419 e. The van der Waals surface area contributed by atoms with Crippen LogP contribution in [-0.2, 0) is 25.8 Å². The Kier molecular flexibility index (Phi) is 6.76. The highest BCUT2D eigenvalue weighted by atomic mass is 32.2. The molecule has 2 aromatic carbocycles. The van der Waals surface area contributed by atoms with Gasteiger partial charge in [-0.25, -0.2) is 18.5 Å². The molecule has 0 saturated carbocycles. The van der Waals surface area contributed by atoms with Gasteiger partial charge in [-0.1, -0.05) is 30.3 Å². The number of benzene rings is 2. The molecule has 0 aromatic heterocycles. The fraction of sp³-hybridized carbons (Fsp3) is 0.167. The molecule has 138 valence electrons. The first-order valence-electron chi connectivity index (χ1n) is 7.63. The van der Waals surface area contributed by atoms with Crippen LogP contribution in [0.5, 0.6) is 0 Å². The highest BCUT2D eigenvalue weighted by Crippen LogP contribution is 2.12. The first-order valence-corrected chi connectivity index (χ1v) is 9.25. The van der Waals surface area contributed by atoms with Crippen molar-refractivity contribution < 1.29 is 28.4 Å². The summed E-state index contributed by atoms with van der Waals surface area (Å²) in [6.07, 6.45) is -0.853. The van der Waals surface area contributed by atoms with Crippen LogP contribution in [0, 0.1) is 0 Å². The zero-order chi connectivity index (χ0) is 19.0. The minimum atomic E-state index is -3.14. The SMILES string of the molecule is COCC=S(=O)(NC(=O)OCc1ccccc1)c1ccc(C(=O)O)cc1. The molecule has 26 heavy (non-hydrogen) atoms. The third-order valence-corrected chi connectivity index (χ3v) is 5.42. The number of amides is 1. The highest BCUT2D eigenvalue weighted by molar-refractivity contribution is 8.00. The molecule has 2 N–H and O–H groups in total. The zero-order valence-corrected chi connectivity index (χ0v) is 14.9. The fourth-order valence-corrected chi connectivity index (χ4v) is 3.61. The van der Waals surface area contributed by atoms with E-state index in [-0.39, 0.29) is 23.7 Å². The monoisotopic (exact) mass is 377 g/mol. The van der Waals surface area contributed by atoms with Crippen LogP contribution in [0.2, 0.25) is 0 Å². The van der Waals surface area contributed by atoms with Gasteiger partial charge >= 0.3 is 12.1 Å². The molecule has 2 aromatic rings. The van der Waals surface area contributed by atoms with Crippen molar-refractivity contribution in [1.29, 1.82) is 0 Å². The maximum Gasteiger partial charge on any atom is 0.419 e. The van der Waals surface area contributed by atoms with Gasteiger partial charge in [-0.05, 0) is 29.8 Å². The van der Waals surface area contributed by atoms with Crippen LogP contribution in [0.4, 0.5) is 4.79 Å². The molecule has 0 fully saturated rings. The van der Waals surface area contributed by atoms with Gasteiger partial charge in [0, 0.05) is 12.5 Å². The van der Waals surface area contributed by atoms with Gasteiger partial charge in [-0.2, -0.15) is 0 Å². The van der Waals surface area contributed by atoms with E-state index >= 15 is 0 Å². The van der Waals surface area contributed by atoms with Crippen molar-refractivity contribution in [2.24, 2.45) is 0 Å². The van der Waals surface area contributed by atoms with Gasteiger partial charge < -0.3 is 14.6 Å². The number of aromatic carboxylic acids is 1. The highest BCUT2D eigenvalue weighted by Gasteiger charge is 2.16. The molecule has 2 rings (SSSR count). The molecule has 0 heterocycles.